The van der Waals surface area contributed by atoms with E-state index in [9.17, 15) is 9.59 Å². The van der Waals surface area contributed by atoms with Gasteiger partial charge >= 0.3 is 0 Å². The first-order chi connectivity index (χ1) is 10.2. The van der Waals surface area contributed by atoms with Gasteiger partial charge < -0.3 is 10.6 Å². The third-order valence-electron chi connectivity index (χ3n) is 3.27. The van der Waals surface area contributed by atoms with Gasteiger partial charge in [-0.15, -0.1) is 0 Å². The predicted octanol–water partition coefficient (Wildman–Crippen LogP) is 3.46. The lowest BCUT2D eigenvalue weighted by atomic mass is 9.96. The Morgan fingerprint density at radius 3 is 2.55 bits per heavy atom. The number of carbonyl (C=O) groups is 2. The van der Waals surface area contributed by atoms with Crippen molar-refractivity contribution in [3.63, 3.8) is 0 Å². The van der Waals surface area contributed by atoms with Crippen molar-refractivity contribution in [2.45, 2.75) is 46.6 Å². The summed E-state index contributed by atoms with van der Waals surface area (Å²) in [6.07, 6.45) is 1.01. The number of halogens is 1. The zero-order chi connectivity index (χ0) is 16.8. The van der Waals surface area contributed by atoms with E-state index in [0.29, 0.717) is 24.4 Å². The smallest absolute Gasteiger partial charge is 0.225 e. The molecule has 0 heterocycles. The molecule has 22 heavy (non-hydrogen) atoms. The second-order valence-electron chi connectivity index (χ2n) is 6.45. The van der Waals surface area contributed by atoms with Gasteiger partial charge in [-0.2, -0.15) is 0 Å². The molecule has 0 aromatic heterocycles. The van der Waals surface area contributed by atoms with Crippen molar-refractivity contribution in [1.82, 2.24) is 10.6 Å². The third-order valence-corrected chi connectivity index (χ3v) is 3.51. The average Bonchev–Trinajstić information content (AvgIpc) is 2.42. The summed E-state index contributed by atoms with van der Waals surface area (Å²) in [7, 11) is 0. The quantitative estimate of drug-likeness (QED) is 0.787. The van der Waals surface area contributed by atoms with Gasteiger partial charge in [0.2, 0.25) is 11.8 Å². The van der Waals surface area contributed by atoms with Gasteiger partial charge in [-0.3, -0.25) is 9.59 Å². The second kappa shape index (κ2) is 8.18. The maximum atomic E-state index is 11.9. The molecule has 1 atom stereocenters. The van der Waals surface area contributed by atoms with E-state index in [1.807, 2.05) is 45.9 Å². The minimum atomic E-state index is -0.399. The maximum Gasteiger partial charge on any atom is 0.225 e. The molecule has 1 aromatic rings. The molecule has 2 N–H and O–H groups in total. The Bertz CT molecular complexity index is 524. The summed E-state index contributed by atoms with van der Waals surface area (Å²) < 4.78 is 0. The van der Waals surface area contributed by atoms with E-state index >= 15 is 0 Å². The first kappa shape index (κ1) is 18.5. The van der Waals surface area contributed by atoms with Crippen LogP contribution in [0.5, 0.6) is 0 Å². The Morgan fingerprint density at radius 1 is 1.27 bits per heavy atom. The largest absolute Gasteiger partial charge is 0.356 e. The highest BCUT2D eigenvalue weighted by Crippen LogP contribution is 2.17. The first-order valence-electron chi connectivity index (χ1n) is 7.53. The Labute approximate surface area is 137 Å². The molecule has 0 bridgehead atoms. The zero-order valence-corrected chi connectivity index (χ0v) is 14.5. The summed E-state index contributed by atoms with van der Waals surface area (Å²) in [6.45, 7) is 8.02. The van der Waals surface area contributed by atoms with Gasteiger partial charge in [0.1, 0.15) is 0 Å². The van der Waals surface area contributed by atoms with Crippen molar-refractivity contribution in [2.24, 2.45) is 5.41 Å². The van der Waals surface area contributed by atoms with E-state index in [1.54, 1.807) is 6.07 Å². The lowest BCUT2D eigenvalue weighted by molar-refractivity contribution is -0.128. The van der Waals surface area contributed by atoms with Gasteiger partial charge in [0.15, 0.2) is 0 Å². The molecule has 0 spiro atoms. The SMILES string of the molecule is CC(NC(=O)CCCNC(=O)C(C)(C)C)c1cccc(Cl)c1. The molecule has 4 nitrogen and oxygen atoms in total. The number of hydrogen-bond acceptors (Lipinski definition) is 2. The molecule has 0 aliphatic rings. The molecule has 0 saturated carbocycles. The Balaban J connectivity index is 2.30. The number of benzene rings is 1. The fourth-order valence-corrected chi connectivity index (χ4v) is 2.09. The van der Waals surface area contributed by atoms with Crippen LogP contribution in [-0.4, -0.2) is 18.4 Å². The van der Waals surface area contributed by atoms with Crippen molar-refractivity contribution in [2.75, 3.05) is 6.54 Å². The number of hydrogen-bond donors (Lipinski definition) is 2. The highest BCUT2D eigenvalue weighted by atomic mass is 35.5. The fraction of sp³-hybridized carbons (Fsp3) is 0.529. The summed E-state index contributed by atoms with van der Waals surface area (Å²) in [5, 5.41) is 6.42. The highest BCUT2D eigenvalue weighted by molar-refractivity contribution is 6.30. The van der Waals surface area contributed by atoms with E-state index in [4.69, 9.17) is 11.6 Å². The summed E-state index contributed by atoms with van der Waals surface area (Å²) in [4.78, 5) is 23.6. The molecule has 122 valence electrons. The van der Waals surface area contributed by atoms with Gasteiger partial charge in [-0.05, 0) is 31.0 Å². The minimum Gasteiger partial charge on any atom is -0.356 e. The van der Waals surface area contributed by atoms with Gasteiger partial charge in [0.05, 0.1) is 6.04 Å². The Kier molecular flexibility index (Phi) is 6.88. The molecular formula is C17H25ClN2O2. The van der Waals surface area contributed by atoms with E-state index in [-0.39, 0.29) is 17.9 Å². The molecular weight excluding hydrogens is 300 g/mol. The molecule has 0 aliphatic carbocycles. The normalized spacial score (nSPS) is 12.6. The van der Waals surface area contributed by atoms with Crippen LogP contribution in [-0.2, 0) is 9.59 Å². The second-order valence-corrected chi connectivity index (χ2v) is 6.89. The van der Waals surface area contributed by atoms with Gasteiger partial charge in [0.25, 0.3) is 0 Å². The zero-order valence-electron chi connectivity index (χ0n) is 13.7. The fourth-order valence-electron chi connectivity index (χ4n) is 1.89. The van der Waals surface area contributed by atoms with Crippen LogP contribution in [0.4, 0.5) is 0 Å². The van der Waals surface area contributed by atoms with Crippen LogP contribution >= 0.6 is 11.6 Å². The Morgan fingerprint density at radius 2 is 1.95 bits per heavy atom. The van der Waals surface area contributed by atoms with Crippen molar-refractivity contribution >= 4 is 23.4 Å². The number of amides is 2. The van der Waals surface area contributed by atoms with Gasteiger partial charge in [-0.25, -0.2) is 0 Å². The van der Waals surface area contributed by atoms with E-state index in [0.717, 1.165) is 5.56 Å². The molecule has 5 heteroatoms. The summed E-state index contributed by atoms with van der Waals surface area (Å²) in [5.74, 6) is -0.0299. The molecule has 0 aliphatic heterocycles. The van der Waals surface area contributed by atoms with E-state index in [1.165, 1.54) is 0 Å². The summed E-state index contributed by atoms with van der Waals surface area (Å²) >= 11 is 5.94. The molecule has 1 rings (SSSR count). The molecule has 0 fully saturated rings. The number of rotatable bonds is 6. The van der Waals surface area contributed by atoms with Crippen LogP contribution in [0.1, 0.15) is 52.1 Å². The maximum absolute atomic E-state index is 11.9. The molecule has 1 aromatic carbocycles. The third kappa shape index (κ3) is 6.48. The van der Waals surface area contributed by atoms with E-state index in [2.05, 4.69) is 10.6 Å². The number of nitrogens with one attached hydrogen (secondary N) is 2. The van der Waals surface area contributed by atoms with Gasteiger partial charge in [0, 0.05) is 23.4 Å². The highest BCUT2D eigenvalue weighted by Gasteiger charge is 2.20. The van der Waals surface area contributed by atoms with Crippen LogP contribution in [0.3, 0.4) is 0 Å². The van der Waals surface area contributed by atoms with Crippen LogP contribution in [0.25, 0.3) is 0 Å². The van der Waals surface area contributed by atoms with Crippen molar-refractivity contribution in [3.05, 3.63) is 34.9 Å². The molecule has 0 saturated heterocycles. The lowest BCUT2D eigenvalue weighted by Crippen LogP contribution is -2.36. The van der Waals surface area contributed by atoms with Crippen molar-refractivity contribution in [3.8, 4) is 0 Å². The lowest BCUT2D eigenvalue weighted by Gasteiger charge is -2.18. The van der Waals surface area contributed by atoms with Crippen molar-refractivity contribution < 1.29 is 9.59 Å². The summed E-state index contributed by atoms with van der Waals surface area (Å²) in [5.41, 5.74) is 0.575. The Hall–Kier alpha value is -1.55. The molecule has 2 amide bonds. The monoisotopic (exact) mass is 324 g/mol. The molecule has 0 radical (unpaired) electrons. The molecule has 1 unspecified atom stereocenters. The predicted molar refractivity (Wildman–Crippen MR) is 89.7 cm³/mol. The van der Waals surface area contributed by atoms with Crippen LogP contribution in [0.2, 0.25) is 5.02 Å². The average molecular weight is 325 g/mol. The standard InChI is InChI=1S/C17H25ClN2O2/c1-12(13-7-5-8-14(18)11-13)20-15(21)9-6-10-19-16(22)17(2,3)4/h5,7-8,11-12H,6,9-10H2,1-4H3,(H,19,22)(H,20,21). The van der Waals surface area contributed by atoms with Crippen LogP contribution in [0, 0.1) is 5.41 Å². The number of carbonyl (C=O) groups excluding carboxylic acids is 2. The first-order valence-corrected chi connectivity index (χ1v) is 7.91. The van der Waals surface area contributed by atoms with Gasteiger partial charge in [-0.1, -0.05) is 44.5 Å². The summed E-state index contributed by atoms with van der Waals surface area (Å²) in [6, 6.07) is 7.35. The van der Waals surface area contributed by atoms with Crippen molar-refractivity contribution in [1.29, 1.82) is 0 Å². The van der Waals surface area contributed by atoms with E-state index < -0.39 is 5.41 Å². The van der Waals surface area contributed by atoms with Crippen LogP contribution in [0.15, 0.2) is 24.3 Å². The minimum absolute atomic E-state index is 0.000189. The topological polar surface area (TPSA) is 58.2 Å². The van der Waals surface area contributed by atoms with Crippen LogP contribution < -0.4 is 10.6 Å².